The van der Waals surface area contributed by atoms with E-state index in [1.54, 1.807) is 18.5 Å². The Labute approximate surface area is 152 Å². The van der Waals surface area contributed by atoms with E-state index in [1.807, 2.05) is 30.3 Å². The molecule has 0 spiro atoms. The molecule has 1 N–H and O–H groups in total. The monoisotopic (exact) mass is 344 g/mol. The van der Waals surface area contributed by atoms with Crippen LogP contribution in [0, 0.1) is 0 Å². The van der Waals surface area contributed by atoms with Crippen molar-refractivity contribution in [2.45, 2.75) is 19.4 Å². The van der Waals surface area contributed by atoms with Crippen molar-refractivity contribution in [3.05, 3.63) is 83.8 Å². The summed E-state index contributed by atoms with van der Waals surface area (Å²) in [5, 5.41) is 2.90. The Hall–Kier alpha value is -3.21. The van der Waals surface area contributed by atoms with Gasteiger partial charge in [0.25, 0.3) is 5.91 Å². The highest BCUT2D eigenvalue weighted by molar-refractivity contribution is 5.92. The summed E-state index contributed by atoms with van der Waals surface area (Å²) < 4.78 is 0. The maximum atomic E-state index is 12.5. The van der Waals surface area contributed by atoms with Gasteiger partial charge in [0.15, 0.2) is 0 Å². The highest BCUT2D eigenvalue weighted by Gasteiger charge is 2.19. The molecule has 0 radical (unpaired) electrons. The number of benzene rings is 1. The molecule has 4 rings (SSSR count). The van der Waals surface area contributed by atoms with Gasteiger partial charge in [-0.25, -0.2) is 4.98 Å². The lowest BCUT2D eigenvalue weighted by atomic mass is 10.0. The van der Waals surface area contributed by atoms with Crippen LogP contribution in [0.4, 0.5) is 11.5 Å². The molecule has 2 aromatic heterocycles. The fourth-order valence-electron chi connectivity index (χ4n) is 3.25. The molecule has 0 aliphatic carbocycles. The van der Waals surface area contributed by atoms with Crippen LogP contribution in [0.3, 0.4) is 0 Å². The Morgan fingerprint density at radius 1 is 1.08 bits per heavy atom. The van der Waals surface area contributed by atoms with Crippen LogP contribution >= 0.6 is 0 Å². The first-order valence-corrected chi connectivity index (χ1v) is 8.81. The summed E-state index contributed by atoms with van der Waals surface area (Å²) in [4.78, 5) is 23.3. The zero-order valence-electron chi connectivity index (χ0n) is 14.4. The van der Waals surface area contributed by atoms with Crippen LogP contribution in [0.25, 0.3) is 0 Å². The van der Waals surface area contributed by atoms with Crippen LogP contribution in [-0.4, -0.2) is 22.4 Å². The number of carbonyl (C=O) groups excluding carboxylic acids is 1. The minimum Gasteiger partial charge on any atom is -0.347 e. The molecule has 1 aliphatic heterocycles. The van der Waals surface area contributed by atoms with E-state index in [-0.39, 0.29) is 5.91 Å². The Morgan fingerprint density at radius 3 is 2.88 bits per heavy atom. The van der Waals surface area contributed by atoms with E-state index in [0.29, 0.717) is 12.2 Å². The molecular formula is C21H20N4O. The second-order valence-electron chi connectivity index (χ2n) is 6.31. The summed E-state index contributed by atoms with van der Waals surface area (Å²) in [6.45, 7) is 1.34. The van der Waals surface area contributed by atoms with E-state index < -0.39 is 0 Å². The number of nitrogens with one attached hydrogen (secondary N) is 1. The number of nitrogens with zero attached hydrogens (tertiary/aromatic N) is 3. The summed E-state index contributed by atoms with van der Waals surface area (Å²) >= 11 is 0. The first-order chi connectivity index (χ1) is 12.8. The lowest BCUT2D eigenvalue weighted by molar-refractivity contribution is 0.0946. The average Bonchev–Trinajstić information content (AvgIpc) is 2.72. The van der Waals surface area contributed by atoms with Gasteiger partial charge in [-0.1, -0.05) is 30.3 Å². The molecule has 130 valence electrons. The van der Waals surface area contributed by atoms with Gasteiger partial charge in [0.1, 0.15) is 11.5 Å². The Kier molecular flexibility index (Phi) is 4.60. The molecule has 3 aromatic rings. The van der Waals surface area contributed by atoms with Crippen molar-refractivity contribution in [3.63, 3.8) is 0 Å². The predicted octanol–water partition coefficient (Wildman–Crippen LogP) is 3.49. The Bertz CT molecular complexity index is 911. The first kappa shape index (κ1) is 16.3. The SMILES string of the molecule is O=C(NCc1cccnc1)c1cccc(N2CCCc3ccccc32)n1. The number of aryl methyl sites for hydroxylation is 1. The molecular weight excluding hydrogens is 324 g/mol. The van der Waals surface area contributed by atoms with Gasteiger partial charge < -0.3 is 10.2 Å². The van der Waals surface area contributed by atoms with Crippen molar-refractivity contribution in [2.24, 2.45) is 0 Å². The maximum Gasteiger partial charge on any atom is 0.270 e. The zero-order chi connectivity index (χ0) is 17.8. The number of aromatic nitrogens is 2. The topological polar surface area (TPSA) is 58.1 Å². The average molecular weight is 344 g/mol. The lowest BCUT2D eigenvalue weighted by Crippen LogP contribution is -2.27. The zero-order valence-corrected chi connectivity index (χ0v) is 14.4. The van der Waals surface area contributed by atoms with Crippen LogP contribution in [0.5, 0.6) is 0 Å². The quantitative estimate of drug-likeness (QED) is 0.787. The van der Waals surface area contributed by atoms with Gasteiger partial charge in [-0.05, 0) is 48.2 Å². The fourth-order valence-corrected chi connectivity index (χ4v) is 3.25. The van der Waals surface area contributed by atoms with E-state index in [4.69, 9.17) is 0 Å². The molecule has 26 heavy (non-hydrogen) atoms. The highest BCUT2D eigenvalue weighted by Crippen LogP contribution is 2.32. The summed E-state index contributed by atoms with van der Waals surface area (Å²) in [5.74, 6) is 0.632. The van der Waals surface area contributed by atoms with Crippen molar-refractivity contribution >= 4 is 17.4 Å². The first-order valence-electron chi connectivity index (χ1n) is 8.81. The van der Waals surface area contributed by atoms with E-state index >= 15 is 0 Å². The summed E-state index contributed by atoms with van der Waals surface area (Å²) in [5.41, 5.74) is 3.89. The number of hydrogen-bond acceptors (Lipinski definition) is 4. The van der Waals surface area contributed by atoms with E-state index in [0.717, 1.165) is 30.8 Å². The molecule has 5 nitrogen and oxygen atoms in total. The van der Waals surface area contributed by atoms with Crippen LogP contribution in [0.15, 0.2) is 67.0 Å². The Morgan fingerprint density at radius 2 is 2.00 bits per heavy atom. The van der Waals surface area contributed by atoms with Gasteiger partial charge in [0.05, 0.1) is 0 Å². The van der Waals surface area contributed by atoms with Gasteiger partial charge in [-0.2, -0.15) is 0 Å². The van der Waals surface area contributed by atoms with E-state index in [1.165, 1.54) is 11.3 Å². The molecule has 0 fully saturated rings. The fraction of sp³-hybridized carbons (Fsp3) is 0.190. The number of rotatable bonds is 4. The normalized spacial score (nSPS) is 13.2. The number of fused-ring (bicyclic) bond motifs is 1. The van der Waals surface area contributed by atoms with Crippen LogP contribution in [0.2, 0.25) is 0 Å². The minimum atomic E-state index is -0.180. The third-order valence-electron chi connectivity index (χ3n) is 4.53. The smallest absolute Gasteiger partial charge is 0.270 e. The third kappa shape index (κ3) is 3.42. The molecule has 0 saturated carbocycles. The predicted molar refractivity (Wildman–Crippen MR) is 101 cm³/mol. The number of pyridine rings is 2. The third-order valence-corrected chi connectivity index (χ3v) is 4.53. The minimum absolute atomic E-state index is 0.180. The van der Waals surface area contributed by atoms with Crippen molar-refractivity contribution in [2.75, 3.05) is 11.4 Å². The van der Waals surface area contributed by atoms with E-state index in [9.17, 15) is 4.79 Å². The molecule has 1 amide bonds. The number of amides is 1. The Balaban J connectivity index is 1.53. The van der Waals surface area contributed by atoms with Crippen LogP contribution in [-0.2, 0) is 13.0 Å². The molecule has 1 aliphatic rings. The molecule has 0 bridgehead atoms. The van der Waals surface area contributed by atoms with Gasteiger partial charge in [0.2, 0.25) is 0 Å². The summed E-state index contributed by atoms with van der Waals surface area (Å²) in [7, 11) is 0. The number of anilines is 2. The van der Waals surface area contributed by atoms with Crippen molar-refractivity contribution in [1.29, 1.82) is 0 Å². The number of carbonyl (C=O) groups is 1. The number of hydrogen-bond donors (Lipinski definition) is 1. The summed E-state index contributed by atoms with van der Waals surface area (Å²) in [6, 6.07) is 17.8. The largest absolute Gasteiger partial charge is 0.347 e. The molecule has 0 unspecified atom stereocenters. The van der Waals surface area contributed by atoms with Gasteiger partial charge in [0, 0.05) is 31.2 Å². The molecule has 5 heteroatoms. The van der Waals surface area contributed by atoms with Crippen molar-refractivity contribution < 1.29 is 4.79 Å². The molecule has 0 saturated heterocycles. The second-order valence-corrected chi connectivity index (χ2v) is 6.31. The molecule has 3 heterocycles. The van der Waals surface area contributed by atoms with Crippen molar-refractivity contribution in [3.8, 4) is 0 Å². The molecule has 1 aromatic carbocycles. The van der Waals surface area contributed by atoms with Crippen LogP contribution < -0.4 is 10.2 Å². The van der Waals surface area contributed by atoms with Crippen LogP contribution in [0.1, 0.15) is 28.0 Å². The van der Waals surface area contributed by atoms with Gasteiger partial charge in [-0.3, -0.25) is 9.78 Å². The van der Waals surface area contributed by atoms with Crippen molar-refractivity contribution in [1.82, 2.24) is 15.3 Å². The summed E-state index contributed by atoms with van der Waals surface area (Å²) in [6.07, 6.45) is 5.62. The standard InChI is InChI=1S/C21H20N4O/c26-21(23-15-16-6-4-12-22-14-16)18-9-3-11-20(24-18)25-13-5-8-17-7-1-2-10-19(17)25/h1-4,6-7,9-12,14H,5,8,13,15H2,(H,23,26). The highest BCUT2D eigenvalue weighted by atomic mass is 16.1. The molecule has 0 atom stereocenters. The lowest BCUT2D eigenvalue weighted by Gasteiger charge is -2.30. The second kappa shape index (κ2) is 7.35. The van der Waals surface area contributed by atoms with E-state index in [2.05, 4.69) is 38.4 Å². The van der Waals surface area contributed by atoms with Gasteiger partial charge in [-0.15, -0.1) is 0 Å². The number of para-hydroxylation sites is 1. The van der Waals surface area contributed by atoms with Gasteiger partial charge >= 0.3 is 0 Å². The maximum absolute atomic E-state index is 12.5.